The fraction of sp³-hybridized carbons (Fsp3) is 0.436. The number of aldehydes is 2. The van der Waals surface area contributed by atoms with Gasteiger partial charge in [-0.1, -0.05) is 75.2 Å². The molecule has 0 heterocycles. The second kappa shape index (κ2) is 12.9. The number of nitrogens with two attached hydrogens (primary N) is 1. The number of fused-ring (bicyclic) bond motifs is 2. The van der Waals surface area contributed by atoms with Gasteiger partial charge in [-0.15, -0.1) is 0 Å². The SMILES string of the molecule is CC1CCC(N)CC1.CC=O.Cc1ccc2c3ccc(C4CCC(C)CC4)c4c(C)ccc(c5ccc(C=O)c1c52)c43. The first-order chi connectivity index (χ1) is 20.3. The van der Waals surface area contributed by atoms with Crippen LogP contribution in [0.1, 0.15) is 105 Å². The van der Waals surface area contributed by atoms with E-state index >= 15 is 0 Å². The molecule has 42 heavy (non-hydrogen) atoms. The molecule has 0 atom stereocenters. The van der Waals surface area contributed by atoms with E-state index in [9.17, 15) is 4.79 Å². The van der Waals surface area contributed by atoms with E-state index in [1.807, 2.05) is 6.07 Å². The maximum atomic E-state index is 11.8. The Hall–Kier alpha value is -3.30. The second-order valence-electron chi connectivity index (χ2n) is 13.1. The molecule has 5 aromatic carbocycles. The first-order valence-electron chi connectivity index (χ1n) is 16.0. The van der Waals surface area contributed by atoms with Crippen LogP contribution in [0.25, 0.3) is 43.1 Å². The zero-order valence-electron chi connectivity index (χ0n) is 26.1. The molecule has 5 aromatic rings. The predicted octanol–water partition coefficient (Wildman–Crippen LogP) is 10.2. The minimum atomic E-state index is 0.520. The van der Waals surface area contributed by atoms with E-state index in [-0.39, 0.29) is 0 Å². The van der Waals surface area contributed by atoms with Crippen molar-refractivity contribution < 1.29 is 9.59 Å². The molecular formula is C39H47NO2. The molecule has 0 aromatic heterocycles. The minimum absolute atomic E-state index is 0.520. The fourth-order valence-electron chi connectivity index (χ4n) is 7.59. The van der Waals surface area contributed by atoms with E-state index in [0.717, 1.165) is 35.4 Å². The lowest BCUT2D eigenvalue weighted by Gasteiger charge is -2.28. The van der Waals surface area contributed by atoms with Gasteiger partial charge in [-0.3, -0.25) is 4.79 Å². The van der Waals surface area contributed by atoms with Gasteiger partial charge in [0.05, 0.1) is 0 Å². The Kier molecular flexibility index (Phi) is 9.28. The molecule has 2 fully saturated rings. The predicted molar refractivity (Wildman–Crippen MR) is 180 cm³/mol. The zero-order chi connectivity index (χ0) is 30.0. The highest BCUT2D eigenvalue weighted by Gasteiger charge is 2.24. The monoisotopic (exact) mass is 561 g/mol. The van der Waals surface area contributed by atoms with Gasteiger partial charge in [-0.25, -0.2) is 0 Å². The van der Waals surface area contributed by atoms with Crippen LogP contribution in [0.15, 0.2) is 48.5 Å². The molecule has 0 saturated heterocycles. The van der Waals surface area contributed by atoms with Crippen molar-refractivity contribution in [3.63, 3.8) is 0 Å². The van der Waals surface area contributed by atoms with Crippen molar-refractivity contribution in [1.29, 1.82) is 0 Å². The van der Waals surface area contributed by atoms with Gasteiger partial charge in [-0.05, 0) is 137 Å². The summed E-state index contributed by atoms with van der Waals surface area (Å²) in [6.45, 7) is 10.5. The molecule has 0 spiro atoms. The molecular weight excluding hydrogens is 514 g/mol. The van der Waals surface area contributed by atoms with E-state index in [1.165, 1.54) is 107 Å². The van der Waals surface area contributed by atoms with Gasteiger partial charge in [0.1, 0.15) is 6.29 Å². The highest BCUT2D eigenvalue weighted by Crippen LogP contribution is 2.46. The van der Waals surface area contributed by atoms with Crippen LogP contribution >= 0.6 is 0 Å². The summed E-state index contributed by atoms with van der Waals surface area (Å²) in [5.41, 5.74) is 10.6. The highest BCUT2D eigenvalue weighted by atomic mass is 16.1. The summed E-state index contributed by atoms with van der Waals surface area (Å²) < 4.78 is 0. The maximum Gasteiger partial charge on any atom is 0.150 e. The quantitative estimate of drug-likeness (QED) is 0.132. The molecule has 0 aliphatic heterocycles. The molecule has 0 radical (unpaired) electrons. The van der Waals surface area contributed by atoms with Crippen molar-refractivity contribution in [3.8, 4) is 0 Å². The molecule has 3 heteroatoms. The molecule has 3 nitrogen and oxygen atoms in total. The van der Waals surface area contributed by atoms with Gasteiger partial charge in [0.15, 0.2) is 6.29 Å². The van der Waals surface area contributed by atoms with Crippen molar-refractivity contribution in [2.45, 2.75) is 97.9 Å². The zero-order valence-corrected chi connectivity index (χ0v) is 26.1. The van der Waals surface area contributed by atoms with Gasteiger partial charge >= 0.3 is 0 Å². The third kappa shape index (κ3) is 5.69. The first kappa shape index (κ1) is 30.2. The summed E-state index contributed by atoms with van der Waals surface area (Å²) in [5.74, 6) is 2.46. The Morgan fingerprint density at radius 1 is 0.595 bits per heavy atom. The molecule has 0 bridgehead atoms. The topological polar surface area (TPSA) is 60.2 Å². The molecule has 0 amide bonds. The number of benzene rings is 5. The van der Waals surface area contributed by atoms with Crippen LogP contribution in [0.5, 0.6) is 0 Å². The van der Waals surface area contributed by atoms with Crippen LogP contribution in [-0.2, 0) is 4.79 Å². The minimum Gasteiger partial charge on any atom is -0.328 e. The Morgan fingerprint density at radius 2 is 1.02 bits per heavy atom. The molecule has 2 aliphatic carbocycles. The van der Waals surface area contributed by atoms with Crippen molar-refractivity contribution >= 4 is 55.7 Å². The molecule has 2 N–H and O–H groups in total. The first-order valence-corrected chi connectivity index (χ1v) is 16.0. The van der Waals surface area contributed by atoms with Crippen LogP contribution in [0, 0.1) is 25.7 Å². The molecule has 2 aliphatic rings. The molecule has 2 saturated carbocycles. The fourth-order valence-corrected chi connectivity index (χ4v) is 7.59. The third-order valence-corrected chi connectivity index (χ3v) is 10.0. The van der Waals surface area contributed by atoms with Gasteiger partial charge in [0, 0.05) is 11.6 Å². The van der Waals surface area contributed by atoms with E-state index in [1.54, 1.807) is 5.56 Å². The van der Waals surface area contributed by atoms with Gasteiger partial charge < -0.3 is 10.5 Å². The van der Waals surface area contributed by atoms with Crippen LogP contribution in [0.2, 0.25) is 0 Å². The maximum absolute atomic E-state index is 11.8. The Morgan fingerprint density at radius 3 is 1.52 bits per heavy atom. The average Bonchev–Trinajstić information content (AvgIpc) is 3.00. The molecule has 0 unspecified atom stereocenters. The summed E-state index contributed by atoms with van der Waals surface area (Å²) in [5, 5.41) is 10.4. The van der Waals surface area contributed by atoms with Crippen LogP contribution in [0.3, 0.4) is 0 Å². The summed E-state index contributed by atoms with van der Waals surface area (Å²) in [6, 6.07) is 18.5. The van der Waals surface area contributed by atoms with E-state index < -0.39 is 0 Å². The number of hydrogen-bond acceptors (Lipinski definition) is 3. The second-order valence-corrected chi connectivity index (χ2v) is 13.1. The number of aryl methyl sites for hydroxylation is 2. The Balaban J connectivity index is 0.000000273. The average molecular weight is 562 g/mol. The van der Waals surface area contributed by atoms with Crippen molar-refractivity contribution in [1.82, 2.24) is 0 Å². The lowest BCUT2D eigenvalue weighted by Crippen LogP contribution is -2.25. The molecule has 7 rings (SSSR count). The smallest absolute Gasteiger partial charge is 0.150 e. The van der Waals surface area contributed by atoms with E-state index in [0.29, 0.717) is 12.0 Å². The largest absolute Gasteiger partial charge is 0.328 e. The van der Waals surface area contributed by atoms with E-state index in [2.05, 4.69) is 70.2 Å². The normalized spacial score (nSPS) is 22.4. The lowest BCUT2D eigenvalue weighted by molar-refractivity contribution is -0.106. The molecule has 220 valence electrons. The Bertz CT molecular complexity index is 1670. The Labute approximate surface area is 251 Å². The van der Waals surface area contributed by atoms with Crippen molar-refractivity contribution in [3.05, 3.63) is 70.8 Å². The number of carbonyl (C=O) groups is 2. The van der Waals surface area contributed by atoms with E-state index in [4.69, 9.17) is 10.5 Å². The van der Waals surface area contributed by atoms with Crippen molar-refractivity contribution in [2.75, 3.05) is 0 Å². The van der Waals surface area contributed by atoms with Crippen LogP contribution in [-0.4, -0.2) is 18.6 Å². The van der Waals surface area contributed by atoms with Gasteiger partial charge in [0.25, 0.3) is 0 Å². The summed E-state index contributed by atoms with van der Waals surface area (Å²) in [6.07, 6.45) is 12.2. The number of hydrogen-bond donors (Lipinski definition) is 1. The standard InChI is InChI=1S/C30H28O.C7H15N.C2H4O/c1-17-4-8-20(9-5-17)22-14-15-26-23-11-6-18(2)27-21(16-31)10-13-25(29(23)27)24-12-7-19(3)28(22)30(24)26;1-6-2-4-7(8)5-3-6;1-2-3/h6-7,10-17,20H,4-5,8-9H2,1-3H3;6-7H,2-5,8H2,1H3;2H,1H3. The number of rotatable bonds is 2. The summed E-state index contributed by atoms with van der Waals surface area (Å²) >= 11 is 0. The highest BCUT2D eigenvalue weighted by molar-refractivity contribution is 6.34. The third-order valence-electron chi connectivity index (χ3n) is 10.0. The lowest BCUT2D eigenvalue weighted by atomic mass is 9.76. The number of carbonyl (C=O) groups excluding carboxylic acids is 2. The van der Waals surface area contributed by atoms with Crippen molar-refractivity contribution in [2.24, 2.45) is 17.6 Å². The van der Waals surface area contributed by atoms with Crippen LogP contribution in [0.4, 0.5) is 0 Å². The van der Waals surface area contributed by atoms with Gasteiger partial charge in [0.2, 0.25) is 0 Å². The summed E-state index contributed by atoms with van der Waals surface area (Å²) in [4.78, 5) is 20.6. The van der Waals surface area contributed by atoms with Gasteiger partial charge in [-0.2, -0.15) is 0 Å². The van der Waals surface area contributed by atoms with Crippen LogP contribution < -0.4 is 5.73 Å². The summed E-state index contributed by atoms with van der Waals surface area (Å²) in [7, 11) is 0.